The molecule has 3 rings (SSSR count). The highest BCUT2D eigenvalue weighted by Gasteiger charge is 2.35. The van der Waals surface area contributed by atoms with Crippen molar-refractivity contribution in [3.05, 3.63) is 59.2 Å². The molecule has 1 heterocycles. The van der Waals surface area contributed by atoms with Crippen molar-refractivity contribution in [3.63, 3.8) is 0 Å². The van der Waals surface area contributed by atoms with E-state index in [4.69, 9.17) is 0 Å². The largest absolute Gasteiger partial charge is 0.478 e. The molecule has 0 fully saturated rings. The predicted octanol–water partition coefficient (Wildman–Crippen LogP) is 3.26. The Morgan fingerprint density at radius 2 is 1.96 bits per heavy atom. The van der Waals surface area contributed by atoms with Crippen LogP contribution in [-0.2, 0) is 16.4 Å². The van der Waals surface area contributed by atoms with Gasteiger partial charge in [-0.25, -0.2) is 13.2 Å². The van der Waals surface area contributed by atoms with Gasteiger partial charge in [-0.05, 0) is 35.7 Å². The molecule has 0 aliphatic carbocycles. The first-order valence-electron chi connectivity index (χ1n) is 7.84. The van der Waals surface area contributed by atoms with Gasteiger partial charge in [-0.15, -0.1) is 0 Å². The maximum absolute atomic E-state index is 13.2. The Labute approximate surface area is 141 Å². The standard InChI is InChI=1S/C18H19NO4S/c1-3-13-8-9-14(18(20)21)10-17(13)24(22,23)19-11-12(2)15-6-4-5-7-16(15)19/h4-10,12H,3,11H2,1-2H3,(H,20,21). The van der Waals surface area contributed by atoms with Crippen molar-refractivity contribution >= 4 is 21.7 Å². The minimum absolute atomic E-state index is 0.0219. The van der Waals surface area contributed by atoms with Crippen LogP contribution in [0, 0.1) is 0 Å². The number of aryl methyl sites for hydroxylation is 1. The van der Waals surface area contributed by atoms with E-state index >= 15 is 0 Å². The van der Waals surface area contributed by atoms with E-state index in [-0.39, 0.29) is 16.4 Å². The highest BCUT2D eigenvalue weighted by molar-refractivity contribution is 7.93. The Morgan fingerprint density at radius 1 is 1.25 bits per heavy atom. The molecule has 1 aliphatic heterocycles. The summed E-state index contributed by atoms with van der Waals surface area (Å²) in [5, 5.41) is 9.20. The first-order valence-corrected chi connectivity index (χ1v) is 9.28. The van der Waals surface area contributed by atoms with E-state index in [2.05, 4.69) is 0 Å². The quantitative estimate of drug-likeness (QED) is 0.923. The molecule has 1 atom stereocenters. The molecular weight excluding hydrogens is 326 g/mol. The molecule has 0 saturated heterocycles. The second-order valence-electron chi connectivity index (χ2n) is 5.98. The smallest absolute Gasteiger partial charge is 0.335 e. The summed E-state index contributed by atoms with van der Waals surface area (Å²) in [6.45, 7) is 4.21. The number of carbonyl (C=O) groups is 1. The van der Waals surface area contributed by atoms with Crippen LogP contribution in [-0.4, -0.2) is 26.0 Å². The molecule has 1 N–H and O–H groups in total. The molecule has 0 radical (unpaired) electrons. The fraction of sp³-hybridized carbons (Fsp3) is 0.278. The fourth-order valence-corrected chi connectivity index (χ4v) is 5.05. The van der Waals surface area contributed by atoms with Gasteiger partial charge in [0.25, 0.3) is 10.0 Å². The second kappa shape index (κ2) is 5.94. The summed E-state index contributed by atoms with van der Waals surface area (Å²) in [7, 11) is -3.81. The van der Waals surface area contributed by atoms with Gasteiger partial charge in [0.15, 0.2) is 0 Å². The summed E-state index contributed by atoms with van der Waals surface area (Å²) in [5.74, 6) is -1.03. The zero-order valence-corrected chi connectivity index (χ0v) is 14.4. The minimum Gasteiger partial charge on any atom is -0.478 e. The van der Waals surface area contributed by atoms with Gasteiger partial charge in [-0.2, -0.15) is 0 Å². The first kappa shape index (κ1) is 16.5. The van der Waals surface area contributed by atoms with Crippen molar-refractivity contribution in [3.8, 4) is 0 Å². The molecular formula is C18H19NO4S. The van der Waals surface area contributed by atoms with E-state index in [9.17, 15) is 18.3 Å². The van der Waals surface area contributed by atoms with E-state index < -0.39 is 16.0 Å². The van der Waals surface area contributed by atoms with E-state index in [1.807, 2.05) is 32.0 Å². The molecule has 0 bridgehead atoms. The lowest BCUT2D eigenvalue weighted by atomic mass is 10.0. The Hall–Kier alpha value is -2.34. The molecule has 0 amide bonds. The van der Waals surface area contributed by atoms with Gasteiger partial charge in [0.1, 0.15) is 0 Å². The normalized spacial score (nSPS) is 16.9. The number of carboxylic acids is 1. The van der Waals surface area contributed by atoms with Crippen LogP contribution in [0.25, 0.3) is 0 Å². The van der Waals surface area contributed by atoms with E-state index in [0.29, 0.717) is 24.2 Å². The number of sulfonamides is 1. The number of rotatable bonds is 4. The summed E-state index contributed by atoms with van der Waals surface area (Å²) in [6, 6.07) is 11.7. The van der Waals surface area contributed by atoms with Gasteiger partial charge >= 0.3 is 5.97 Å². The third kappa shape index (κ3) is 2.57. The zero-order chi connectivity index (χ0) is 17.5. The summed E-state index contributed by atoms with van der Waals surface area (Å²) < 4.78 is 27.9. The van der Waals surface area contributed by atoms with Crippen LogP contribution in [0.15, 0.2) is 47.4 Å². The van der Waals surface area contributed by atoms with Crippen LogP contribution in [0.4, 0.5) is 5.69 Å². The average molecular weight is 345 g/mol. The zero-order valence-electron chi connectivity index (χ0n) is 13.6. The highest BCUT2D eigenvalue weighted by atomic mass is 32.2. The number of hydrogen-bond acceptors (Lipinski definition) is 3. The molecule has 24 heavy (non-hydrogen) atoms. The molecule has 1 aliphatic rings. The van der Waals surface area contributed by atoms with Gasteiger partial charge < -0.3 is 5.11 Å². The molecule has 0 aromatic heterocycles. The average Bonchev–Trinajstić information content (AvgIpc) is 2.92. The van der Waals surface area contributed by atoms with Crippen LogP contribution in [0.5, 0.6) is 0 Å². The summed E-state index contributed by atoms with van der Waals surface area (Å²) in [6.07, 6.45) is 0.513. The SMILES string of the molecule is CCc1ccc(C(=O)O)cc1S(=O)(=O)N1CC(C)c2ccccc21. The summed E-state index contributed by atoms with van der Waals surface area (Å²) in [5.41, 5.74) is 2.27. The van der Waals surface area contributed by atoms with Crippen molar-refractivity contribution in [2.75, 3.05) is 10.8 Å². The van der Waals surface area contributed by atoms with Gasteiger partial charge in [-0.3, -0.25) is 4.31 Å². The molecule has 2 aromatic carbocycles. The summed E-state index contributed by atoms with van der Waals surface area (Å²) in [4.78, 5) is 11.3. The highest BCUT2D eigenvalue weighted by Crippen LogP contribution is 2.39. The van der Waals surface area contributed by atoms with E-state index in [1.54, 1.807) is 12.1 Å². The fourth-order valence-electron chi connectivity index (χ4n) is 3.14. The first-order chi connectivity index (χ1) is 11.4. The molecule has 6 heteroatoms. The van der Waals surface area contributed by atoms with Crippen LogP contribution in [0.3, 0.4) is 0 Å². The van der Waals surface area contributed by atoms with Crippen LogP contribution >= 0.6 is 0 Å². The van der Waals surface area contributed by atoms with Gasteiger partial charge in [-0.1, -0.05) is 38.1 Å². The molecule has 2 aromatic rings. The molecule has 5 nitrogen and oxygen atoms in total. The second-order valence-corrected chi connectivity index (χ2v) is 7.81. The molecule has 0 spiro atoms. The lowest BCUT2D eigenvalue weighted by Crippen LogP contribution is -2.30. The number of aromatic carboxylic acids is 1. The molecule has 1 unspecified atom stereocenters. The minimum atomic E-state index is -3.81. The topological polar surface area (TPSA) is 74.7 Å². The molecule has 0 saturated carbocycles. The molecule has 126 valence electrons. The Morgan fingerprint density at radius 3 is 2.62 bits per heavy atom. The van der Waals surface area contributed by atoms with Crippen molar-refractivity contribution in [2.24, 2.45) is 0 Å². The third-order valence-corrected chi connectivity index (χ3v) is 6.30. The number of para-hydroxylation sites is 1. The lowest BCUT2D eigenvalue weighted by molar-refractivity contribution is 0.0696. The number of fused-ring (bicyclic) bond motifs is 1. The van der Waals surface area contributed by atoms with Crippen molar-refractivity contribution in [2.45, 2.75) is 31.1 Å². The Kier molecular flexibility index (Phi) is 4.09. The lowest BCUT2D eigenvalue weighted by Gasteiger charge is -2.21. The Bertz CT molecular complexity index is 905. The number of anilines is 1. The van der Waals surface area contributed by atoms with E-state index in [0.717, 1.165) is 5.56 Å². The number of benzene rings is 2. The van der Waals surface area contributed by atoms with Gasteiger partial charge in [0.05, 0.1) is 16.1 Å². The van der Waals surface area contributed by atoms with Crippen LogP contribution in [0.1, 0.15) is 41.3 Å². The van der Waals surface area contributed by atoms with Crippen LogP contribution in [0.2, 0.25) is 0 Å². The third-order valence-electron chi connectivity index (χ3n) is 4.44. The number of hydrogen-bond donors (Lipinski definition) is 1. The maximum Gasteiger partial charge on any atom is 0.335 e. The maximum atomic E-state index is 13.2. The van der Waals surface area contributed by atoms with Crippen molar-refractivity contribution < 1.29 is 18.3 Å². The van der Waals surface area contributed by atoms with Crippen molar-refractivity contribution in [1.29, 1.82) is 0 Å². The van der Waals surface area contributed by atoms with Crippen molar-refractivity contribution in [1.82, 2.24) is 0 Å². The van der Waals surface area contributed by atoms with Gasteiger partial charge in [0.2, 0.25) is 0 Å². The van der Waals surface area contributed by atoms with Crippen LogP contribution < -0.4 is 4.31 Å². The summed E-state index contributed by atoms with van der Waals surface area (Å²) >= 11 is 0. The van der Waals surface area contributed by atoms with Gasteiger partial charge in [0, 0.05) is 12.5 Å². The predicted molar refractivity (Wildman–Crippen MR) is 92.2 cm³/mol. The number of nitrogens with zero attached hydrogens (tertiary/aromatic N) is 1. The number of carboxylic acid groups (broad SMARTS) is 1. The monoisotopic (exact) mass is 345 g/mol. The Balaban J connectivity index is 2.16. The van der Waals surface area contributed by atoms with E-state index in [1.165, 1.54) is 16.4 Å².